The van der Waals surface area contributed by atoms with Crippen LogP contribution in [-0.4, -0.2) is 30.1 Å². The van der Waals surface area contributed by atoms with Gasteiger partial charge in [-0.05, 0) is 19.9 Å². The Bertz CT molecular complexity index is 311. The molecule has 0 heterocycles. The highest BCUT2D eigenvalue weighted by atomic mass is 16.3. The molecule has 0 aliphatic carbocycles. The summed E-state index contributed by atoms with van der Waals surface area (Å²) in [5.41, 5.74) is 0.762. The highest BCUT2D eigenvalue weighted by Gasteiger charge is 2.09. The normalized spacial score (nSPS) is 12.4. The first-order valence-electron chi connectivity index (χ1n) is 5.66. The number of carbonyl (C=O) groups is 1. The van der Waals surface area contributed by atoms with E-state index in [4.69, 9.17) is 5.11 Å². The maximum absolute atomic E-state index is 11.8. The lowest BCUT2D eigenvalue weighted by Crippen LogP contribution is -2.29. The fourth-order valence-corrected chi connectivity index (χ4v) is 1.52. The second kappa shape index (κ2) is 7.14. The van der Waals surface area contributed by atoms with Crippen LogP contribution in [0.3, 0.4) is 0 Å². The van der Waals surface area contributed by atoms with E-state index in [1.54, 1.807) is 0 Å². The molecule has 1 unspecified atom stereocenters. The lowest BCUT2D eigenvalue weighted by atomic mass is 10.0. The number of aliphatic hydroxyl groups excluding tert-OH is 1. The molecule has 0 bridgehead atoms. The first-order valence-corrected chi connectivity index (χ1v) is 5.66. The number of ketones is 1. The first-order chi connectivity index (χ1) is 7.74. The summed E-state index contributed by atoms with van der Waals surface area (Å²) in [4.78, 5) is 11.8. The molecule has 0 saturated heterocycles. The van der Waals surface area contributed by atoms with Crippen molar-refractivity contribution < 1.29 is 9.90 Å². The summed E-state index contributed by atoms with van der Waals surface area (Å²) in [6, 6.07) is 9.47. The molecule has 0 aliphatic rings. The molecule has 0 amide bonds. The van der Waals surface area contributed by atoms with Crippen molar-refractivity contribution in [2.24, 2.45) is 0 Å². The van der Waals surface area contributed by atoms with Gasteiger partial charge in [0.25, 0.3) is 0 Å². The van der Waals surface area contributed by atoms with Crippen LogP contribution in [0.25, 0.3) is 0 Å². The Kier molecular flexibility index (Phi) is 5.75. The van der Waals surface area contributed by atoms with Gasteiger partial charge >= 0.3 is 0 Å². The molecule has 0 fully saturated rings. The minimum absolute atomic E-state index is 0.152. The molecule has 1 rings (SSSR count). The number of benzene rings is 1. The van der Waals surface area contributed by atoms with Crippen LogP contribution in [-0.2, 0) is 0 Å². The van der Waals surface area contributed by atoms with Gasteiger partial charge in [-0.3, -0.25) is 4.79 Å². The average molecular weight is 221 g/mol. The van der Waals surface area contributed by atoms with Crippen LogP contribution in [0.2, 0.25) is 0 Å². The van der Waals surface area contributed by atoms with E-state index in [2.05, 4.69) is 5.32 Å². The van der Waals surface area contributed by atoms with Gasteiger partial charge in [-0.2, -0.15) is 0 Å². The van der Waals surface area contributed by atoms with Gasteiger partial charge in [0.15, 0.2) is 5.78 Å². The highest BCUT2D eigenvalue weighted by molar-refractivity contribution is 5.96. The van der Waals surface area contributed by atoms with Crippen LogP contribution in [0.1, 0.15) is 30.1 Å². The van der Waals surface area contributed by atoms with Gasteiger partial charge in [0.05, 0.1) is 0 Å². The largest absolute Gasteiger partial charge is 0.396 e. The summed E-state index contributed by atoms with van der Waals surface area (Å²) in [5.74, 6) is 0.157. The van der Waals surface area contributed by atoms with E-state index in [1.165, 1.54) is 0 Å². The van der Waals surface area contributed by atoms with E-state index < -0.39 is 0 Å². The molecule has 16 heavy (non-hydrogen) atoms. The molecule has 3 nitrogen and oxygen atoms in total. The summed E-state index contributed by atoms with van der Waals surface area (Å²) < 4.78 is 0. The van der Waals surface area contributed by atoms with E-state index in [1.807, 2.05) is 37.3 Å². The third-order valence-electron chi connectivity index (χ3n) is 2.42. The highest BCUT2D eigenvalue weighted by Crippen LogP contribution is 2.05. The van der Waals surface area contributed by atoms with Gasteiger partial charge in [-0.15, -0.1) is 0 Å². The predicted molar refractivity (Wildman–Crippen MR) is 64.6 cm³/mol. The smallest absolute Gasteiger partial charge is 0.164 e. The topological polar surface area (TPSA) is 49.3 Å². The number of hydrogen-bond acceptors (Lipinski definition) is 3. The van der Waals surface area contributed by atoms with Crippen molar-refractivity contribution in [2.75, 3.05) is 13.2 Å². The maximum atomic E-state index is 11.8. The van der Waals surface area contributed by atoms with Crippen molar-refractivity contribution in [3.63, 3.8) is 0 Å². The minimum Gasteiger partial charge on any atom is -0.396 e. The molecule has 1 aromatic rings. The Morgan fingerprint density at radius 1 is 1.38 bits per heavy atom. The number of aliphatic hydroxyl groups is 1. The second-order valence-corrected chi connectivity index (χ2v) is 3.93. The van der Waals surface area contributed by atoms with Crippen molar-refractivity contribution in [1.82, 2.24) is 5.32 Å². The molecule has 1 atom stereocenters. The Balaban J connectivity index is 2.34. The number of rotatable bonds is 7. The zero-order valence-corrected chi connectivity index (χ0v) is 9.65. The van der Waals surface area contributed by atoms with Gasteiger partial charge in [-0.25, -0.2) is 0 Å². The van der Waals surface area contributed by atoms with Crippen molar-refractivity contribution >= 4 is 5.78 Å². The van der Waals surface area contributed by atoms with Crippen LogP contribution in [0, 0.1) is 0 Å². The van der Waals surface area contributed by atoms with Crippen LogP contribution < -0.4 is 5.32 Å². The molecule has 0 spiro atoms. The molecule has 2 N–H and O–H groups in total. The fourth-order valence-electron chi connectivity index (χ4n) is 1.52. The van der Waals surface area contributed by atoms with Gasteiger partial charge < -0.3 is 10.4 Å². The van der Waals surface area contributed by atoms with Crippen molar-refractivity contribution in [3.8, 4) is 0 Å². The van der Waals surface area contributed by atoms with Crippen molar-refractivity contribution in [3.05, 3.63) is 35.9 Å². The third-order valence-corrected chi connectivity index (χ3v) is 2.42. The molecular formula is C13H19NO2. The third kappa shape index (κ3) is 4.55. The Hall–Kier alpha value is -1.19. The van der Waals surface area contributed by atoms with E-state index >= 15 is 0 Å². The van der Waals surface area contributed by atoms with Crippen molar-refractivity contribution in [2.45, 2.75) is 25.8 Å². The summed E-state index contributed by atoms with van der Waals surface area (Å²) >= 11 is 0. The van der Waals surface area contributed by atoms with Gasteiger partial charge in [0, 0.05) is 24.6 Å². The molecule has 1 aromatic carbocycles. The van der Waals surface area contributed by atoms with Crippen LogP contribution >= 0.6 is 0 Å². The lowest BCUT2D eigenvalue weighted by molar-refractivity contribution is 0.0971. The number of Topliss-reactive ketones (excluding diaryl/α,β-unsaturated/α-hetero) is 1. The standard InChI is InChI=1S/C13H19NO2/c1-11(14-8-5-9-15)10-13(16)12-6-3-2-4-7-12/h2-4,6-7,11,14-15H,5,8-10H2,1H3. The van der Waals surface area contributed by atoms with Crippen LogP contribution in [0.5, 0.6) is 0 Å². The molecular weight excluding hydrogens is 202 g/mol. The first kappa shape index (κ1) is 12.9. The predicted octanol–water partition coefficient (Wildman–Crippen LogP) is 1.62. The molecule has 0 aliphatic heterocycles. The van der Waals surface area contributed by atoms with E-state index in [0.29, 0.717) is 6.42 Å². The molecule has 88 valence electrons. The summed E-state index contributed by atoms with van der Waals surface area (Å²) in [5, 5.41) is 11.8. The quantitative estimate of drug-likeness (QED) is 0.543. The summed E-state index contributed by atoms with van der Waals surface area (Å²) in [6.45, 7) is 2.92. The van der Waals surface area contributed by atoms with Gasteiger partial charge in [0.2, 0.25) is 0 Å². The fraction of sp³-hybridized carbons (Fsp3) is 0.462. The maximum Gasteiger partial charge on any atom is 0.164 e. The number of hydrogen-bond donors (Lipinski definition) is 2. The van der Waals surface area contributed by atoms with Crippen molar-refractivity contribution in [1.29, 1.82) is 0 Å². The molecule has 0 saturated carbocycles. The molecule has 0 aromatic heterocycles. The van der Waals surface area contributed by atoms with Crippen LogP contribution in [0.15, 0.2) is 30.3 Å². The van der Waals surface area contributed by atoms with Gasteiger partial charge in [-0.1, -0.05) is 30.3 Å². The van der Waals surface area contributed by atoms with E-state index in [0.717, 1.165) is 18.5 Å². The Morgan fingerprint density at radius 3 is 2.69 bits per heavy atom. The lowest BCUT2D eigenvalue weighted by Gasteiger charge is -2.12. The average Bonchev–Trinajstić information content (AvgIpc) is 2.30. The van der Waals surface area contributed by atoms with Gasteiger partial charge in [0.1, 0.15) is 0 Å². The number of carbonyl (C=O) groups excluding carboxylic acids is 1. The zero-order chi connectivity index (χ0) is 11.8. The summed E-state index contributed by atoms with van der Waals surface area (Å²) in [7, 11) is 0. The van der Waals surface area contributed by atoms with E-state index in [9.17, 15) is 4.79 Å². The Labute approximate surface area is 96.5 Å². The SMILES string of the molecule is CC(CC(=O)c1ccccc1)NCCCO. The van der Waals surface area contributed by atoms with E-state index in [-0.39, 0.29) is 18.4 Å². The summed E-state index contributed by atoms with van der Waals surface area (Å²) in [6.07, 6.45) is 1.22. The molecule has 0 radical (unpaired) electrons. The zero-order valence-electron chi connectivity index (χ0n) is 9.65. The minimum atomic E-state index is 0.152. The van der Waals surface area contributed by atoms with Crippen LogP contribution in [0.4, 0.5) is 0 Å². The Morgan fingerprint density at radius 2 is 2.06 bits per heavy atom. The molecule has 3 heteroatoms. The second-order valence-electron chi connectivity index (χ2n) is 3.93. The number of nitrogens with one attached hydrogen (secondary N) is 1. The monoisotopic (exact) mass is 221 g/mol.